The van der Waals surface area contributed by atoms with E-state index < -0.39 is 11.9 Å². The summed E-state index contributed by atoms with van der Waals surface area (Å²) < 4.78 is 13.4. The molecule has 2 aliphatic rings. The zero-order valence-corrected chi connectivity index (χ0v) is 21.9. The van der Waals surface area contributed by atoms with Crippen molar-refractivity contribution in [3.05, 3.63) is 81.2 Å². The molecule has 3 N–H and O–H groups in total. The van der Waals surface area contributed by atoms with Crippen LogP contribution >= 0.6 is 11.6 Å². The van der Waals surface area contributed by atoms with Crippen molar-refractivity contribution in [3.8, 4) is 16.9 Å². The van der Waals surface area contributed by atoms with Crippen LogP contribution in [0.1, 0.15) is 48.1 Å². The summed E-state index contributed by atoms with van der Waals surface area (Å²) >= 11 is 6.31. The van der Waals surface area contributed by atoms with E-state index in [2.05, 4.69) is 12.2 Å². The first kappa shape index (κ1) is 26.0. The van der Waals surface area contributed by atoms with Gasteiger partial charge in [0.25, 0.3) is 5.56 Å². The van der Waals surface area contributed by atoms with E-state index in [4.69, 9.17) is 26.8 Å². The first-order valence-corrected chi connectivity index (χ1v) is 13.2. The van der Waals surface area contributed by atoms with Gasteiger partial charge in [-0.2, -0.15) is 0 Å². The first-order chi connectivity index (χ1) is 18.3. The number of amides is 2. The molecule has 1 saturated carbocycles. The lowest BCUT2D eigenvalue weighted by molar-refractivity contribution is -0.120. The van der Waals surface area contributed by atoms with Gasteiger partial charge >= 0.3 is 0 Å². The van der Waals surface area contributed by atoms with Gasteiger partial charge in [-0.1, -0.05) is 24.6 Å². The minimum absolute atomic E-state index is 0.221. The molecule has 2 heterocycles. The average Bonchev–Trinajstić information content (AvgIpc) is 3.71. The molecule has 3 aromatic rings. The second-order valence-corrected chi connectivity index (χ2v) is 10.5. The summed E-state index contributed by atoms with van der Waals surface area (Å²) in [5.74, 6) is -0.160. The van der Waals surface area contributed by atoms with E-state index in [9.17, 15) is 14.4 Å². The Bertz CT molecular complexity index is 1410. The third-order valence-corrected chi connectivity index (χ3v) is 7.08. The van der Waals surface area contributed by atoms with Crippen LogP contribution in [0.4, 0.5) is 5.69 Å². The Balaban J connectivity index is 1.49. The topological polar surface area (TPSA) is 113 Å². The molecule has 9 heteroatoms. The van der Waals surface area contributed by atoms with Gasteiger partial charge in [-0.25, -0.2) is 0 Å². The second kappa shape index (κ2) is 11.0. The van der Waals surface area contributed by atoms with Gasteiger partial charge < -0.3 is 20.5 Å². The Labute approximate surface area is 225 Å². The molecule has 1 aromatic heterocycles. The van der Waals surface area contributed by atoms with E-state index in [0.29, 0.717) is 47.2 Å². The molecule has 1 fully saturated rings. The predicted molar refractivity (Wildman–Crippen MR) is 146 cm³/mol. The third kappa shape index (κ3) is 5.92. The van der Waals surface area contributed by atoms with Crippen LogP contribution in [0.3, 0.4) is 0 Å². The molecule has 0 saturated heterocycles. The molecule has 38 heavy (non-hydrogen) atoms. The number of carbonyl (C=O) groups excluding carboxylic acids is 2. The molecule has 2 atom stereocenters. The van der Waals surface area contributed by atoms with Crippen molar-refractivity contribution >= 4 is 29.1 Å². The molecule has 5 rings (SSSR count). The fourth-order valence-electron chi connectivity index (χ4n) is 4.66. The largest absolute Gasteiger partial charge is 0.491 e. The lowest BCUT2D eigenvalue weighted by atomic mass is 9.92. The number of halogens is 1. The normalized spacial score (nSPS) is 17.3. The Morgan fingerprint density at radius 3 is 2.63 bits per heavy atom. The third-order valence-electron chi connectivity index (χ3n) is 6.84. The van der Waals surface area contributed by atoms with Crippen LogP contribution in [0.5, 0.6) is 5.75 Å². The second-order valence-electron chi connectivity index (χ2n) is 10.0. The summed E-state index contributed by atoms with van der Waals surface area (Å²) in [5.41, 5.74) is 8.42. The molecule has 1 aliphatic carbocycles. The number of pyridine rings is 1. The summed E-state index contributed by atoms with van der Waals surface area (Å²) in [5, 5.41) is 3.43. The van der Waals surface area contributed by atoms with Crippen LogP contribution in [-0.2, 0) is 16.0 Å². The van der Waals surface area contributed by atoms with Crippen molar-refractivity contribution in [2.45, 2.75) is 44.8 Å². The highest BCUT2D eigenvalue weighted by Gasteiger charge is 2.28. The monoisotopic (exact) mass is 535 g/mol. The summed E-state index contributed by atoms with van der Waals surface area (Å²) in [7, 11) is 0. The molecule has 2 aromatic carbocycles. The number of nitrogens with two attached hydrogens (primary N) is 1. The quantitative estimate of drug-likeness (QED) is 0.438. The van der Waals surface area contributed by atoms with Gasteiger partial charge in [-0.05, 0) is 72.7 Å². The van der Waals surface area contributed by atoms with Gasteiger partial charge in [0, 0.05) is 40.9 Å². The van der Waals surface area contributed by atoms with Gasteiger partial charge in [0.05, 0.1) is 18.9 Å². The molecule has 0 spiro atoms. The number of rotatable bonds is 8. The van der Waals surface area contributed by atoms with Crippen molar-refractivity contribution < 1.29 is 19.1 Å². The van der Waals surface area contributed by atoms with Crippen molar-refractivity contribution in [2.75, 3.05) is 18.5 Å². The zero-order chi connectivity index (χ0) is 26.8. The number of anilines is 1. The van der Waals surface area contributed by atoms with E-state index in [-0.39, 0.29) is 23.5 Å². The Morgan fingerprint density at radius 1 is 1.16 bits per heavy atom. The van der Waals surface area contributed by atoms with Gasteiger partial charge in [0.15, 0.2) is 0 Å². The number of hydrogen-bond donors (Lipinski definition) is 2. The van der Waals surface area contributed by atoms with E-state index in [1.807, 2.05) is 18.2 Å². The van der Waals surface area contributed by atoms with Crippen LogP contribution < -0.4 is 21.3 Å². The van der Waals surface area contributed by atoms with Gasteiger partial charge in [-0.15, -0.1) is 0 Å². The fourth-order valence-corrected chi connectivity index (χ4v) is 4.83. The number of ether oxygens (including phenoxy) is 2. The summed E-state index contributed by atoms with van der Waals surface area (Å²) in [6, 6.07) is 12.7. The zero-order valence-electron chi connectivity index (χ0n) is 21.1. The number of nitrogens with zero attached hydrogens (tertiary/aromatic N) is 1. The molecule has 8 nitrogen and oxygen atoms in total. The number of nitrogens with one attached hydrogen (secondary N) is 1. The SMILES string of the molecule is C[C@H]1COc2cn(C(CCOC3CC3)C(=O)Nc3ccc(C(N)=O)cc3)c(=O)cc2-c2cc(Cl)ccc2C1. The van der Waals surface area contributed by atoms with Crippen LogP contribution in [0.15, 0.2) is 59.5 Å². The highest BCUT2D eigenvalue weighted by Crippen LogP contribution is 2.37. The van der Waals surface area contributed by atoms with E-state index in [1.54, 1.807) is 18.3 Å². The summed E-state index contributed by atoms with van der Waals surface area (Å²) in [4.78, 5) is 38.3. The Hall–Kier alpha value is -3.62. The van der Waals surface area contributed by atoms with Gasteiger partial charge in [0.2, 0.25) is 11.8 Å². The summed E-state index contributed by atoms with van der Waals surface area (Å²) in [6.07, 6.45) is 4.97. The van der Waals surface area contributed by atoms with E-state index in [0.717, 1.165) is 30.4 Å². The molecule has 2 amide bonds. The molecule has 0 bridgehead atoms. The molecule has 1 aliphatic heterocycles. The molecular weight excluding hydrogens is 506 g/mol. The lowest BCUT2D eigenvalue weighted by Gasteiger charge is -2.25. The average molecular weight is 536 g/mol. The number of primary amides is 1. The molecular formula is C29H30ClN3O5. The number of fused-ring (bicyclic) bond motifs is 3. The van der Waals surface area contributed by atoms with Crippen molar-refractivity contribution in [1.82, 2.24) is 4.57 Å². The maximum Gasteiger partial charge on any atom is 0.252 e. The van der Waals surface area contributed by atoms with Crippen LogP contribution in [-0.4, -0.2) is 35.7 Å². The maximum absolute atomic E-state index is 13.5. The highest BCUT2D eigenvalue weighted by molar-refractivity contribution is 6.30. The standard InChI is InChI=1S/C29H30ClN3O5/c1-17-12-19-2-5-20(30)13-23(19)24-14-27(34)33(15-26(24)38-16-17)25(10-11-37-22-8-9-22)29(36)32-21-6-3-18(4-7-21)28(31)35/h2-7,13-15,17,22,25H,8-12,16H2,1H3,(H2,31,35)(H,32,36)/t17-,25?/m1/s1. The minimum atomic E-state index is -0.840. The minimum Gasteiger partial charge on any atom is -0.491 e. The number of benzene rings is 2. The van der Waals surface area contributed by atoms with Crippen LogP contribution in [0.25, 0.3) is 11.1 Å². The molecule has 0 radical (unpaired) electrons. The maximum atomic E-state index is 13.5. The van der Waals surface area contributed by atoms with Gasteiger partial charge in [0.1, 0.15) is 11.8 Å². The Morgan fingerprint density at radius 2 is 1.92 bits per heavy atom. The first-order valence-electron chi connectivity index (χ1n) is 12.8. The van der Waals surface area contributed by atoms with Crippen molar-refractivity contribution in [1.29, 1.82) is 0 Å². The van der Waals surface area contributed by atoms with Crippen LogP contribution in [0, 0.1) is 5.92 Å². The Kier molecular flexibility index (Phi) is 7.53. The van der Waals surface area contributed by atoms with Gasteiger partial charge in [-0.3, -0.25) is 19.0 Å². The highest BCUT2D eigenvalue weighted by atomic mass is 35.5. The van der Waals surface area contributed by atoms with E-state index >= 15 is 0 Å². The number of hydrogen-bond acceptors (Lipinski definition) is 5. The van der Waals surface area contributed by atoms with Crippen molar-refractivity contribution in [2.24, 2.45) is 11.7 Å². The van der Waals surface area contributed by atoms with Crippen LogP contribution in [0.2, 0.25) is 5.02 Å². The van der Waals surface area contributed by atoms with Crippen molar-refractivity contribution in [3.63, 3.8) is 0 Å². The number of carbonyl (C=O) groups is 2. The number of aromatic nitrogens is 1. The summed E-state index contributed by atoms with van der Waals surface area (Å²) in [6.45, 7) is 2.92. The van der Waals surface area contributed by atoms with E-state index in [1.165, 1.54) is 22.8 Å². The molecule has 198 valence electrons. The fraction of sp³-hybridized carbons (Fsp3) is 0.345. The molecule has 1 unspecified atom stereocenters. The lowest BCUT2D eigenvalue weighted by Crippen LogP contribution is -2.34. The smallest absolute Gasteiger partial charge is 0.252 e. The predicted octanol–water partition coefficient (Wildman–Crippen LogP) is 4.59.